The van der Waals surface area contributed by atoms with Crippen LogP contribution in [-0.2, 0) is 23.4 Å². The maximum absolute atomic E-state index is 12.6. The van der Waals surface area contributed by atoms with Crippen LogP contribution in [0.4, 0.5) is 0 Å². The molecule has 2 aromatic rings. The number of carbonyl (C=O) groups excluding carboxylic acids is 1. The van der Waals surface area contributed by atoms with E-state index >= 15 is 0 Å². The molecule has 0 radical (unpaired) electrons. The van der Waals surface area contributed by atoms with Crippen molar-refractivity contribution >= 4 is 25.1 Å². The molecule has 0 aliphatic heterocycles. The second-order valence-electron chi connectivity index (χ2n) is 10.1. The van der Waals surface area contributed by atoms with Gasteiger partial charge in [0.25, 0.3) is 0 Å². The molecule has 2 rings (SSSR count). The average Bonchev–Trinajstić information content (AvgIpc) is 2.89. The third-order valence-electron chi connectivity index (χ3n) is 6.64. The molecule has 0 bridgehead atoms. The zero-order valence-electron chi connectivity index (χ0n) is 22.9. The molecule has 7 heteroatoms. The molecule has 0 saturated carbocycles. The Kier molecular flexibility index (Phi) is 11.0. The SMILES string of the molecule is C#C[C@](COc1ccc2ccccc2c1)(O[Si](CC)(CC)CC)[C@@H](COC(=O)C(C)(C)C)OCOC. The van der Waals surface area contributed by atoms with Gasteiger partial charge in [0.05, 0.1) is 5.41 Å². The lowest BCUT2D eigenvalue weighted by atomic mass is 9.96. The van der Waals surface area contributed by atoms with Crippen molar-refractivity contribution in [3.8, 4) is 18.1 Å². The van der Waals surface area contributed by atoms with E-state index in [1.165, 1.54) is 7.11 Å². The van der Waals surface area contributed by atoms with Crippen molar-refractivity contribution in [2.24, 2.45) is 5.41 Å². The summed E-state index contributed by atoms with van der Waals surface area (Å²) in [4.78, 5) is 12.6. The number of ether oxygens (including phenoxy) is 4. The van der Waals surface area contributed by atoms with Crippen LogP contribution < -0.4 is 4.74 Å². The molecule has 6 nitrogen and oxygen atoms in total. The molecular formula is C29H42O6Si. The maximum Gasteiger partial charge on any atom is 0.311 e. The molecule has 0 saturated heterocycles. The second kappa shape index (κ2) is 13.3. The third kappa shape index (κ3) is 7.56. The van der Waals surface area contributed by atoms with Crippen molar-refractivity contribution < 1.29 is 28.2 Å². The first-order valence-corrected chi connectivity index (χ1v) is 15.2. The van der Waals surface area contributed by atoms with Crippen molar-refractivity contribution in [3.63, 3.8) is 0 Å². The minimum Gasteiger partial charge on any atom is -0.489 e. The van der Waals surface area contributed by atoms with Gasteiger partial charge in [-0.25, -0.2) is 0 Å². The molecule has 2 aromatic carbocycles. The molecule has 0 heterocycles. The summed E-state index contributed by atoms with van der Waals surface area (Å²) in [6, 6.07) is 16.6. The number of hydrogen-bond donors (Lipinski definition) is 0. The Morgan fingerprint density at radius 1 is 1.03 bits per heavy atom. The number of fused-ring (bicyclic) bond motifs is 1. The molecular weight excluding hydrogens is 472 g/mol. The Bertz CT molecular complexity index is 1010. The number of carbonyl (C=O) groups is 1. The van der Waals surface area contributed by atoms with E-state index in [1.807, 2.05) is 36.4 Å². The molecule has 0 aromatic heterocycles. The number of rotatable bonds is 14. The highest BCUT2D eigenvalue weighted by Gasteiger charge is 2.48. The van der Waals surface area contributed by atoms with Gasteiger partial charge in [0.15, 0.2) is 13.9 Å². The quantitative estimate of drug-likeness (QED) is 0.130. The standard InChI is InChI=1S/C29H42O6Si/c1-9-29(35-36(10-2,11-3)12-4,26(34-22-31-8)20-32-27(30)28(5,6)7)21-33-25-18-17-23-15-13-14-16-24(23)19-25/h1,13-19,26H,10-12,20-22H2,2-8H3/t26-,29-/m1/s1. The summed E-state index contributed by atoms with van der Waals surface area (Å²) in [5.41, 5.74) is -1.95. The summed E-state index contributed by atoms with van der Waals surface area (Å²) in [6.07, 6.45) is 5.42. The van der Waals surface area contributed by atoms with Crippen LogP contribution in [0.25, 0.3) is 10.8 Å². The lowest BCUT2D eigenvalue weighted by molar-refractivity contribution is -0.177. The van der Waals surface area contributed by atoms with Gasteiger partial charge in [0.2, 0.25) is 0 Å². The Hall–Kier alpha value is -2.37. The first kappa shape index (κ1) is 29.9. The lowest BCUT2D eigenvalue weighted by Crippen LogP contribution is -2.58. The molecule has 0 unspecified atom stereocenters. The first-order valence-electron chi connectivity index (χ1n) is 12.7. The van der Waals surface area contributed by atoms with Crippen LogP contribution in [0.2, 0.25) is 18.1 Å². The molecule has 0 aliphatic rings. The molecule has 0 amide bonds. The van der Waals surface area contributed by atoms with Crippen molar-refractivity contribution in [1.29, 1.82) is 0 Å². The highest BCUT2D eigenvalue weighted by molar-refractivity contribution is 6.73. The number of methoxy groups -OCH3 is 1. The highest BCUT2D eigenvalue weighted by Crippen LogP contribution is 2.33. The summed E-state index contributed by atoms with van der Waals surface area (Å²) in [5.74, 6) is 3.19. The van der Waals surface area contributed by atoms with E-state index in [2.05, 4.69) is 32.8 Å². The van der Waals surface area contributed by atoms with Gasteiger partial charge in [0, 0.05) is 7.11 Å². The summed E-state index contributed by atoms with van der Waals surface area (Å²) in [7, 11) is -0.701. The number of benzene rings is 2. The molecule has 0 N–H and O–H groups in total. The fourth-order valence-corrected chi connectivity index (χ4v) is 6.94. The topological polar surface area (TPSA) is 63.2 Å². The largest absolute Gasteiger partial charge is 0.489 e. The summed E-state index contributed by atoms with van der Waals surface area (Å²) in [5, 5.41) is 2.18. The smallest absolute Gasteiger partial charge is 0.311 e. The summed E-state index contributed by atoms with van der Waals surface area (Å²) in [6.45, 7) is 11.7. The lowest BCUT2D eigenvalue weighted by Gasteiger charge is -2.43. The fraction of sp³-hybridized carbons (Fsp3) is 0.552. The van der Waals surface area contributed by atoms with E-state index in [-0.39, 0.29) is 26.0 Å². The third-order valence-corrected chi connectivity index (χ3v) is 11.3. The predicted molar refractivity (Wildman–Crippen MR) is 146 cm³/mol. The van der Waals surface area contributed by atoms with Crippen molar-refractivity contribution in [2.75, 3.05) is 27.1 Å². The van der Waals surface area contributed by atoms with Crippen molar-refractivity contribution in [1.82, 2.24) is 0 Å². The molecule has 2 atom stereocenters. The van der Waals surface area contributed by atoms with Crippen molar-refractivity contribution in [3.05, 3.63) is 42.5 Å². The van der Waals surface area contributed by atoms with Crippen molar-refractivity contribution in [2.45, 2.75) is 71.4 Å². The van der Waals surface area contributed by atoms with E-state index in [1.54, 1.807) is 20.8 Å². The summed E-state index contributed by atoms with van der Waals surface area (Å²) >= 11 is 0. The van der Waals surface area contributed by atoms with Crippen LogP contribution in [-0.4, -0.2) is 53.1 Å². The highest BCUT2D eigenvalue weighted by atomic mass is 28.4. The fourth-order valence-electron chi connectivity index (χ4n) is 3.99. The average molecular weight is 515 g/mol. The van der Waals surface area contributed by atoms with Crippen LogP contribution >= 0.6 is 0 Å². The Labute approximate surface area is 217 Å². The maximum atomic E-state index is 12.6. The van der Waals surface area contributed by atoms with E-state index < -0.39 is 25.4 Å². The minimum atomic E-state index is -2.23. The van der Waals surface area contributed by atoms with Gasteiger partial charge in [-0.1, -0.05) is 57.0 Å². The van der Waals surface area contributed by atoms with Crippen LogP contribution in [0.3, 0.4) is 0 Å². The molecule has 0 aliphatic carbocycles. The van der Waals surface area contributed by atoms with Gasteiger partial charge in [-0.2, -0.15) is 0 Å². The minimum absolute atomic E-state index is 0.0283. The van der Waals surface area contributed by atoms with Gasteiger partial charge in [-0.15, -0.1) is 6.42 Å². The molecule has 198 valence electrons. The van der Waals surface area contributed by atoms with Gasteiger partial charge >= 0.3 is 5.97 Å². The van der Waals surface area contributed by atoms with Crippen LogP contribution in [0.1, 0.15) is 41.5 Å². The number of hydrogen-bond acceptors (Lipinski definition) is 6. The predicted octanol–water partition coefficient (Wildman–Crippen LogP) is 6.19. The monoisotopic (exact) mass is 514 g/mol. The number of esters is 1. The van der Waals surface area contributed by atoms with Gasteiger partial charge in [-0.05, 0) is 61.8 Å². The van der Waals surface area contributed by atoms with Gasteiger partial charge in [-0.3, -0.25) is 4.79 Å². The Morgan fingerprint density at radius 2 is 1.67 bits per heavy atom. The summed E-state index contributed by atoms with van der Waals surface area (Å²) < 4.78 is 30.1. The van der Waals surface area contributed by atoms with E-state index in [0.717, 1.165) is 28.9 Å². The van der Waals surface area contributed by atoms with Gasteiger partial charge in [0.1, 0.15) is 31.9 Å². The van der Waals surface area contributed by atoms with Crippen LogP contribution in [0, 0.1) is 17.8 Å². The molecule has 36 heavy (non-hydrogen) atoms. The van der Waals surface area contributed by atoms with Crippen LogP contribution in [0.15, 0.2) is 42.5 Å². The zero-order chi connectivity index (χ0) is 26.8. The number of terminal acetylenes is 1. The normalized spacial score (nSPS) is 14.6. The molecule has 0 spiro atoms. The van der Waals surface area contributed by atoms with E-state index in [9.17, 15) is 4.79 Å². The van der Waals surface area contributed by atoms with E-state index in [4.69, 9.17) is 29.8 Å². The first-order chi connectivity index (χ1) is 17.1. The zero-order valence-corrected chi connectivity index (χ0v) is 23.9. The Morgan fingerprint density at radius 3 is 2.22 bits per heavy atom. The van der Waals surface area contributed by atoms with E-state index in [0.29, 0.717) is 5.75 Å². The van der Waals surface area contributed by atoms with Crippen LogP contribution in [0.5, 0.6) is 5.75 Å². The Balaban J connectivity index is 2.44. The van der Waals surface area contributed by atoms with Gasteiger partial charge < -0.3 is 23.4 Å². The molecule has 0 fully saturated rings. The second-order valence-corrected chi connectivity index (χ2v) is 14.8.